The SMILES string of the molecule is COc1ccc(Nc2nccc(NCC3CCN(S(C)(=O)=O)CC3)n2)cc1OCCCN1CCCC1. The number of ether oxygens (including phenoxy) is 2. The largest absolute Gasteiger partial charge is 0.493 e. The first kappa shape index (κ1) is 26.4. The minimum absolute atomic E-state index is 0.404. The van der Waals surface area contributed by atoms with E-state index in [4.69, 9.17) is 9.47 Å². The number of benzene rings is 1. The van der Waals surface area contributed by atoms with Crippen LogP contribution in [0.5, 0.6) is 11.5 Å². The molecule has 3 heterocycles. The van der Waals surface area contributed by atoms with Crippen molar-refractivity contribution in [1.29, 1.82) is 0 Å². The van der Waals surface area contributed by atoms with Gasteiger partial charge in [0.25, 0.3) is 0 Å². The van der Waals surface area contributed by atoms with Gasteiger partial charge in [0.1, 0.15) is 5.82 Å². The second-order valence-corrected chi connectivity index (χ2v) is 11.5. The third kappa shape index (κ3) is 7.68. The molecule has 2 aromatic rings. The van der Waals surface area contributed by atoms with Gasteiger partial charge in [-0.1, -0.05) is 0 Å². The van der Waals surface area contributed by atoms with Crippen LogP contribution in [0.25, 0.3) is 0 Å². The van der Waals surface area contributed by atoms with Crippen LogP contribution in [0.2, 0.25) is 0 Å². The summed E-state index contributed by atoms with van der Waals surface area (Å²) in [5.41, 5.74) is 0.815. The number of hydrogen-bond acceptors (Lipinski definition) is 9. The molecule has 2 N–H and O–H groups in total. The fraction of sp³-hybridized carbons (Fsp3) is 0.600. The number of methoxy groups -OCH3 is 1. The van der Waals surface area contributed by atoms with Crippen molar-refractivity contribution in [2.45, 2.75) is 32.1 Å². The maximum atomic E-state index is 11.7. The van der Waals surface area contributed by atoms with Crippen LogP contribution in [-0.2, 0) is 10.0 Å². The average molecular weight is 519 g/mol. The first-order valence-electron chi connectivity index (χ1n) is 12.7. The van der Waals surface area contributed by atoms with Gasteiger partial charge >= 0.3 is 0 Å². The zero-order chi connectivity index (χ0) is 25.4. The van der Waals surface area contributed by atoms with E-state index in [-0.39, 0.29) is 0 Å². The number of nitrogens with one attached hydrogen (secondary N) is 2. The molecule has 198 valence electrons. The summed E-state index contributed by atoms with van der Waals surface area (Å²) < 4.78 is 36.5. The van der Waals surface area contributed by atoms with E-state index in [0.717, 1.165) is 43.9 Å². The molecule has 0 aliphatic carbocycles. The Hall–Kier alpha value is -2.63. The number of nitrogens with zero attached hydrogens (tertiary/aromatic N) is 4. The zero-order valence-electron chi connectivity index (χ0n) is 21.3. The molecule has 0 radical (unpaired) electrons. The minimum atomic E-state index is -3.10. The highest BCUT2D eigenvalue weighted by Gasteiger charge is 2.24. The number of anilines is 3. The van der Waals surface area contributed by atoms with Gasteiger partial charge < -0.3 is 25.0 Å². The Kier molecular flexibility index (Phi) is 9.22. The van der Waals surface area contributed by atoms with Crippen molar-refractivity contribution in [2.75, 3.05) is 69.9 Å². The number of likely N-dealkylation sites (tertiary alicyclic amines) is 1. The lowest BCUT2D eigenvalue weighted by atomic mass is 9.98. The molecule has 36 heavy (non-hydrogen) atoms. The third-order valence-corrected chi connectivity index (χ3v) is 8.07. The fourth-order valence-corrected chi connectivity index (χ4v) is 5.56. The smallest absolute Gasteiger partial charge is 0.229 e. The topological polar surface area (TPSA) is 109 Å². The van der Waals surface area contributed by atoms with Gasteiger partial charge in [-0.05, 0) is 69.3 Å². The zero-order valence-corrected chi connectivity index (χ0v) is 22.1. The van der Waals surface area contributed by atoms with Crippen LogP contribution in [0.1, 0.15) is 32.1 Å². The molecule has 1 aromatic heterocycles. The van der Waals surface area contributed by atoms with Gasteiger partial charge in [-0.25, -0.2) is 17.7 Å². The maximum absolute atomic E-state index is 11.7. The highest BCUT2D eigenvalue weighted by atomic mass is 32.2. The van der Waals surface area contributed by atoms with Crippen LogP contribution >= 0.6 is 0 Å². The lowest BCUT2D eigenvalue weighted by molar-refractivity contribution is 0.254. The molecule has 2 fully saturated rings. The van der Waals surface area contributed by atoms with Crippen LogP contribution < -0.4 is 20.1 Å². The molecule has 0 saturated carbocycles. The van der Waals surface area contributed by atoms with Gasteiger partial charge in [-0.2, -0.15) is 4.98 Å². The Morgan fingerprint density at radius 1 is 1.08 bits per heavy atom. The quantitative estimate of drug-likeness (QED) is 0.410. The molecule has 2 aliphatic rings. The number of rotatable bonds is 12. The van der Waals surface area contributed by atoms with Crippen molar-refractivity contribution in [1.82, 2.24) is 19.2 Å². The molecule has 1 aromatic carbocycles. The van der Waals surface area contributed by atoms with Crippen molar-refractivity contribution in [3.63, 3.8) is 0 Å². The molecule has 0 bridgehead atoms. The van der Waals surface area contributed by atoms with Crippen LogP contribution in [0.15, 0.2) is 30.5 Å². The molecule has 0 spiro atoms. The molecule has 2 saturated heterocycles. The Balaban J connectivity index is 1.28. The van der Waals surface area contributed by atoms with Gasteiger partial charge in [0, 0.05) is 44.1 Å². The Bertz CT molecular complexity index is 1090. The van der Waals surface area contributed by atoms with E-state index in [1.165, 1.54) is 32.2 Å². The normalized spacial score (nSPS) is 17.7. The molecular weight excluding hydrogens is 480 g/mol. The van der Waals surface area contributed by atoms with Crippen molar-refractivity contribution < 1.29 is 17.9 Å². The van der Waals surface area contributed by atoms with E-state index >= 15 is 0 Å². The Labute approximate surface area is 214 Å². The molecule has 0 amide bonds. The summed E-state index contributed by atoms with van der Waals surface area (Å²) in [5.74, 6) is 3.00. The predicted molar refractivity (Wildman–Crippen MR) is 142 cm³/mol. The first-order valence-corrected chi connectivity index (χ1v) is 14.6. The van der Waals surface area contributed by atoms with Crippen molar-refractivity contribution in [3.05, 3.63) is 30.5 Å². The van der Waals surface area contributed by atoms with Crippen LogP contribution in [0.3, 0.4) is 0 Å². The first-order chi connectivity index (χ1) is 17.4. The van der Waals surface area contributed by atoms with Crippen molar-refractivity contribution >= 4 is 27.5 Å². The molecule has 2 aliphatic heterocycles. The highest BCUT2D eigenvalue weighted by molar-refractivity contribution is 7.88. The van der Waals surface area contributed by atoms with E-state index in [1.54, 1.807) is 17.6 Å². The number of sulfonamides is 1. The predicted octanol–water partition coefficient (Wildman–Crippen LogP) is 3.18. The van der Waals surface area contributed by atoms with Crippen LogP contribution in [0.4, 0.5) is 17.5 Å². The highest BCUT2D eigenvalue weighted by Crippen LogP contribution is 2.31. The molecular formula is C25H38N6O4S. The Morgan fingerprint density at radius 2 is 1.86 bits per heavy atom. The van der Waals surface area contributed by atoms with Gasteiger partial charge in [0.05, 0.1) is 20.0 Å². The fourth-order valence-electron chi connectivity index (χ4n) is 4.68. The summed E-state index contributed by atoms with van der Waals surface area (Å²) in [5, 5.41) is 6.63. The van der Waals surface area contributed by atoms with E-state index in [0.29, 0.717) is 43.1 Å². The molecule has 4 rings (SSSR count). The van der Waals surface area contributed by atoms with Crippen molar-refractivity contribution in [3.8, 4) is 11.5 Å². The lowest BCUT2D eigenvalue weighted by Crippen LogP contribution is -2.39. The van der Waals surface area contributed by atoms with E-state index in [1.807, 2.05) is 24.3 Å². The standard InChI is InChI=1S/C25H38N6O4S/c1-34-22-7-6-21(18-23(22)35-17-5-14-30-12-3-4-13-30)28-25-26-11-8-24(29-25)27-19-20-9-15-31(16-10-20)36(2,32)33/h6-8,11,18,20H,3-5,9-10,12-17,19H2,1-2H3,(H2,26,27,28,29). The summed E-state index contributed by atoms with van der Waals surface area (Å²) in [6.45, 7) is 5.97. The van der Waals surface area contributed by atoms with Gasteiger partial charge in [0.15, 0.2) is 11.5 Å². The monoisotopic (exact) mass is 518 g/mol. The summed E-state index contributed by atoms with van der Waals surface area (Å²) >= 11 is 0. The second-order valence-electron chi connectivity index (χ2n) is 9.49. The second kappa shape index (κ2) is 12.6. The molecule has 11 heteroatoms. The maximum Gasteiger partial charge on any atom is 0.229 e. The number of hydrogen-bond donors (Lipinski definition) is 2. The van der Waals surface area contributed by atoms with Gasteiger partial charge in [0.2, 0.25) is 16.0 Å². The summed E-state index contributed by atoms with van der Waals surface area (Å²) in [6, 6.07) is 7.53. The summed E-state index contributed by atoms with van der Waals surface area (Å²) in [4.78, 5) is 11.4. The molecule has 10 nitrogen and oxygen atoms in total. The molecule has 0 atom stereocenters. The number of piperidine rings is 1. The van der Waals surface area contributed by atoms with Gasteiger partial charge in [-0.15, -0.1) is 0 Å². The Morgan fingerprint density at radius 3 is 2.58 bits per heavy atom. The van der Waals surface area contributed by atoms with Crippen LogP contribution in [0, 0.1) is 5.92 Å². The molecule has 0 unspecified atom stereocenters. The van der Waals surface area contributed by atoms with Crippen molar-refractivity contribution in [2.24, 2.45) is 5.92 Å². The third-order valence-electron chi connectivity index (χ3n) is 6.76. The summed E-state index contributed by atoms with van der Waals surface area (Å²) in [6.07, 6.45) is 8.23. The van der Waals surface area contributed by atoms with Crippen LogP contribution in [-0.4, -0.2) is 86.8 Å². The lowest BCUT2D eigenvalue weighted by Gasteiger charge is -2.30. The van der Waals surface area contributed by atoms with E-state index in [2.05, 4.69) is 25.5 Å². The van der Waals surface area contributed by atoms with E-state index in [9.17, 15) is 8.42 Å². The average Bonchev–Trinajstić information content (AvgIpc) is 3.39. The minimum Gasteiger partial charge on any atom is -0.493 e. The van der Waals surface area contributed by atoms with E-state index < -0.39 is 10.0 Å². The number of aromatic nitrogens is 2. The van der Waals surface area contributed by atoms with Gasteiger partial charge in [-0.3, -0.25) is 0 Å². The summed E-state index contributed by atoms with van der Waals surface area (Å²) in [7, 11) is -1.46.